The van der Waals surface area contributed by atoms with Gasteiger partial charge in [-0.05, 0) is 57.1 Å². The lowest BCUT2D eigenvalue weighted by Crippen LogP contribution is -2.35. The summed E-state index contributed by atoms with van der Waals surface area (Å²) >= 11 is 0. The summed E-state index contributed by atoms with van der Waals surface area (Å²) in [6, 6.07) is 15.9. The maximum Gasteiger partial charge on any atom is 0.310 e. The van der Waals surface area contributed by atoms with Crippen LogP contribution >= 0.6 is 0 Å². The molecule has 0 heterocycles. The third-order valence-electron chi connectivity index (χ3n) is 5.71. The fourth-order valence-corrected chi connectivity index (χ4v) is 4.39. The van der Waals surface area contributed by atoms with Crippen molar-refractivity contribution in [3.63, 3.8) is 0 Å². The van der Waals surface area contributed by atoms with Crippen molar-refractivity contribution in [1.82, 2.24) is 0 Å². The van der Waals surface area contributed by atoms with Crippen LogP contribution in [0, 0.1) is 27.9 Å². The Labute approximate surface area is 177 Å². The maximum absolute atomic E-state index is 13.1. The zero-order valence-corrected chi connectivity index (χ0v) is 17.7. The number of aliphatic hydroxyl groups excluding tert-OH is 1. The normalized spacial score (nSPS) is 22.5. The molecular formula is C24H29NO5. The van der Waals surface area contributed by atoms with E-state index in [-0.39, 0.29) is 23.5 Å². The van der Waals surface area contributed by atoms with Gasteiger partial charge in [-0.25, -0.2) is 0 Å². The number of hydrogen-bond acceptors (Lipinski definition) is 5. The minimum absolute atomic E-state index is 0.00432. The Morgan fingerprint density at radius 1 is 1.13 bits per heavy atom. The summed E-state index contributed by atoms with van der Waals surface area (Å²) in [6.45, 7) is 5.52. The van der Waals surface area contributed by atoms with E-state index in [4.69, 9.17) is 4.74 Å². The van der Waals surface area contributed by atoms with E-state index in [0.717, 1.165) is 24.0 Å². The van der Waals surface area contributed by atoms with E-state index in [1.54, 1.807) is 12.1 Å². The first-order chi connectivity index (χ1) is 14.2. The van der Waals surface area contributed by atoms with E-state index in [1.165, 1.54) is 12.1 Å². The zero-order chi connectivity index (χ0) is 21.9. The summed E-state index contributed by atoms with van der Waals surface area (Å²) in [7, 11) is 0. The molecule has 0 amide bonds. The second-order valence-electron chi connectivity index (χ2n) is 9.04. The number of carbonyl (C=O) groups is 1. The maximum atomic E-state index is 13.1. The van der Waals surface area contributed by atoms with Gasteiger partial charge in [-0.3, -0.25) is 14.9 Å². The van der Waals surface area contributed by atoms with E-state index in [9.17, 15) is 20.0 Å². The van der Waals surface area contributed by atoms with Crippen molar-refractivity contribution in [2.45, 2.75) is 51.7 Å². The summed E-state index contributed by atoms with van der Waals surface area (Å²) in [5.74, 6) is -0.948. The van der Waals surface area contributed by atoms with Crippen LogP contribution in [0.15, 0.2) is 54.6 Å². The molecule has 6 heteroatoms. The van der Waals surface area contributed by atoms with E-state index in [1.807, 2.05) is 51.1 Å². The Balaban J connectivity index is 1.84. The standard InChI is InChI=1S/C24H29NO5/c1-24(2,3)30-23(27)21-18(15-16-9-12-19(13-10-16)25(28)29)11-14-20(21)22(26)17-7-5-4-6-8-17/h4-10,12-13,18,20-22,26H,11,14-15H2,1-3H3. The first-order valence-corrected chi connectivity index (χ1v) is 10.3. The quantitative estimate of drug-likeness (QED) is 0.417. The van der Waals surface area contributed by atoms with Crippen LogP contribution in [0.1, 0.15) is 50.8 Å². The van der Waals surface area contributed by atoms with Gasteiger partial charge in [0.2, 0.25) is 0 Å². The molecule has 0 radical (unpaired) electrons. The highest BCUT2D eigenvalue weighted by Crippen LogP contribution is 2.46. The Bertz CT molecular complexity index is 873. The second-order valence-corrected chi connectivity index (χ2v) is 9.04. The molecule has 4 unspecified atom stereocenters. The number of carbonyl (C=O) groups excluding carboxylic acids is 1. The molecule has 2 aromatic carbocycles. The Kier molecular flexibility index (Phi) is 6.56. The lowest BCUT2D eigenvalue weighted by Gasteiger charge is -2.30. The van der Waals surface area contributed by atoms with Crippen molar-refractivity contribution in [3.8, 4) is 0 Å². The smallest absolute Gasteiger partial charge is 0.310 e. The van der Waals surface area contributed by atoms with Gasteiger partial charge in [-0.15, -0.1) is 0 Å². The first-order valence-electron chi connectivity index (χ1n) is 10.3. The van der Waals surface area contributed by atoms with Crippen LogP contribution in [0.5, 0.6) is 0 Å². The van der Waals surface area contributed by atoms with Crippen molar-refractivity contribution in [2.24, 2.45) is 17.8 Å². The number of aliphatic hydroxyl groups is 1. The largest absolute Gasteiger partial charge is 0.460 e. The number of hydrogen-bond donors (Lipinski definition) is 1. The van der Waals surface area contributed by atoms with Crippen LogP contribution in [-0.4, -0.2) is 21.6 Å². The monoisotopic (exact) mass is 411 g/mol. The number of benzene rings is 2. The van der Waals surface area contributed by atoms with Crippen LogP contribution in [-0.2, 0) is 16.0 Å². The Morgan fingerprint density at radius 2 is 1.77 bits per heavy atom. The minimum Gasteiger partial charge on any atom is -0.460 e. The second kappa shape index (κ2) is 8.96. The van der Waals surface area contributed by atoms with E-state index in [0.29, 0.717) is 6.42 Å². The number of non-ortho nitro benzene ring substituents is 1. The van der Waals surface area contributed by atoms with E-state index < -0.39 is 22.5 Å². The van der Waals surface area contributed by atoms with Crippen LogP contribution < -0.4 is 0 Å². The molecule has 0 saturated heterocycles. The third-order valence-corrected chi connectivity index (χ3v) is 5.71. The predicted octanol–water partition coefficient (Wildman–Crippen LogP) is 4.86. The number of rotatable bonds is 6. The molecule has 1 saturated carbocycles. The summed E-state index contributed by atoms with van der Waals surface area (Å²) in [5, 5.41) is 21.9. The SMILES string of the molecule is CC(C)(C)OC(=O)C1C(Cc2ccc([N+](=O)[O-])cc2)CCC1C(O)c1ccccc1. The van der Waals surface area contributed by atoms with Gasteiger partial charge in [0.1, 0.15) is 5.60 Å². The first kappa shape index (κ1) is 22.0. The van der Waals surface area contributed by atoms with Gasteiger partial charge in [0.15, 0.2) is 0 Å². The molecule has 4 atom stereocenters. The molecule has 1 N–H and O–H groups in total. The van der Waals surface area contributed by atoms with E-state index in [2.05, 4.69) is 0 Å². The molecule has 0 aliphatic heterocycles. The molecule has 0 aromatic heterocycles. The lowest BCUT2D eigenvalue weighted by molar-refractivity contribution is -0.384. The molecule has 3 rings (SSSR count). The summed E-state index contributed by atoms with van der Waals surface area (Å²) in [6.07, 6.45) is 1.37. The number of nitrogens with zero attached hydrogens (tertiary/aromatic N) is 1. The fourth-order valence-electron chi connectivity index (χ4n) is 4.39. The van der Waals surface area contributed by atoms with Gasteiger partial charge in [0.25, 0.3) is 5.69 Å². The van der Waals surface area contributed by atoms with Gasteiger partial charge in [0, 0.05) is 18.1 Å². The highest BCUT2D eigenvalue weighted by atomic mass is 16.6. The zero-order valence-electron chi connectivity index (χ0n) is 17.7. The predicted molar refractivity (Wildman–Crippen MR) is 114 cm³/mol. The average Bonchev–Trinajstić information content (AvgIpc) is 3.11. The van der Waals surface area contributed by atoms with Crippen LogP contribution in [0.3, 0.4) is 0 Å². The number of nitro groups is 1. The van der Waals surface area contributed by atoms with Crippen LogP contribution in [0.4, 0.5) is 5.69 Å². The third kappa shape index (κ3) is 5.25. The van der Waals surface area contributed by atoms with Crippen molar-refractivity contribution < 1.29 is 19.6 Å². The van der Waals surface area contributed by atoms with Crippen molar-refractivity contribution in [2.75, 3.05) is 0 Å². The summed E-state index contributed by atoms with van der Waals surface area (Å²) < 4.78 is 5.72. The van der Waals surface area contributed by atoms with Gasteiger partial charge in [-0.2, -0.15) is 0 Å². The summed E-state index contributed by atoms with van der Waals surface area (Å²) in [4.78, 5) is 23.6. The molecule has 30 heavy (non-hydrogen) atoms. The lowest BCUT2D eigenvalue weighted by atomic mass is 9.81. The molecule has 1 aliphatic rings. The van der Waals surface area contributed by atoms with Gasteiger partial charge >= 0.3 is 5.97 Å². The van der Waals surface area contributed by atoms with Gasteiger partial charge in [0.05, 0.1) is 16.9 Å². The Morgan fingerprint density at radius 3 is 2.33 bits per heavy atom. The molecule has 2 aromatic rings. The van der Waals surface area contributed by atoms with Crippen molar-refractivity contribution in [1.29, 1.82) is 0 Å². The molecular weight excluding hydrogens is 382 g/mol. The minimum atomic E-state index is -0.745. The van der Waals surface area contributed by atoms with Gasteiger partial charge < -0.3 is 9.84 Å². The van der Waals surface area contributed by atoms with E-state index >= 15 is 0 Å². The van der Waals surface area contributed by atoms with Crippen LogP contribution in [0.2, 0.25) is 0 Å². The average molecular weight is 411 g/mol. The molecule has 0 bridgehead atoms. The van der Waals surface area contributed by atoms with Crippen molar-refractivity contribution >= 4 is 11.7 Å². The number of esters is 1. The van der Waals surface area contributed by atoms with Crippen LogP contribution in [0.25, 0.3) is 0 Å². The highest BCUT2D eigenvalue weighted by Gasteiger charge is 2.46. The number of ether oxygens (including phenoxy) is 1. The van der Waals surface area contributed by atoms with Crippen molar-refractivity contribution in [3.05, 3.63) is 75.8 Å². The number of nitro benzene ring substituents is 1. The Hall–Kier alpha value is -2.73. The molecule has 1 aliphatic carbocycles. The molecule has 6 nitrogen and oxygen atoms in total. The summed E-state index contributed by atoms with van der Waals surface area (Å²) in [5.41, 5.74) is 1.17. The molecule has 1 fully saturated rings. The molecule has 160 valence electrons. The highest BCUT2D eigenvalue weighted by molar-refractivity contribution is 5.74. The topological polar surface area (TPSA) is 89.7 Å². The fraction of sp³-hybridized carbons (Fsp3) is 0.458. The van der Waals surface area contributed by atoms with Gasteiger partial charge in [-0.1, -0.05) is 42.5 Å². The molecule has 0 spiro atoms.